The first kappa shape index (κ1) is 40.1. The van der Waals surface area contributed by atoms with Gasteiger partial charge in [-0.25, -0.2) is 0 Å². The van der Waals surface area contributed by atoms with Gasteiger partial charge in [0, 0.05) is 12.3 Å². The minimum Gasteiger partial charge on any atom is -0.507 e. The zero-order chi connectivity index (χ0) is 38.8. The highest BCUT2D eigenvalue weighted by Crippen LogP contribution is 2.57. The van der Waals surface area contributed by atoms with E-state index in [9.17, 15) is 43.8 Å². The molecule has 0 aliphatic heterocycles. The number of ether oxygens (including phenoxy) is 1. The van der Waals surface area contributed by atoms with Crippen molar-refractivity contribution in [3.8, 4) is 5.75 Å². The Labute approximate surface area is 308 Å². The third-order valence-electron chi connectivity index (χ3n) is 11.8. The van der Waals surface area contributed by atoms with E-state index in [1.165, 1.54) is 25.1 Å². The molecule has 0 heterocycles. The molecule has 5 rings (SSSR count). The van der Waals surface area contributed by atoms with Crippen molar-refractivity contribution in [2.75, 3.05) is 27.3 Å². The number of hydrogen-bond acceptors (Lipinski definition) is 13. The maximum Gasteiger partial charge on any atom is 0.320 e. The van der Waals surface area contributed by atoms with E-state index in [0.29, 0.717) is 37.3 Å². The van der Waals surface area contributed by atoms with Gasteiger partial charge < -0.3 is 31.1 Å². The van der Waals surface area contributed by atoms with E-state index in [2.05, 4.69) is 10.6 Å². The molecule has 0 aromatic heterocycles. The summed E-state index contributed by atoms with van der Waals surface area (Å²) in [6.45, 7) is 1.70. The fourth-order valence-corrected chi connectivity index (χ4v) is 9.24. The minimum atomic E-state index is -3.07. The first-order chi connectivity index (χ1) is 25.2. The summed E-state index contributed by atoms with van der Waals surface area (Å²) in [7, 11) is 3.00. The molecule has 3 fully saturated rings. The number of amides is 1. The van der Waals surface area contributed by atoms with Crippen LogP contribution in [0.2, 0.25) is 0 Å². The molecular weight excluding hydrogens is 688 g/mol. The van der Waals surface area contributed by atoms with Crippen molar-refractivity contribution in [2.24, 2.45) is 35.3 Å². The molecule has 3 saturated carbocycles. The number of unbranched alkanes of at least 4 members (excludes halogenated alkanes) is 1. The largest absolute Gasteiger partial charge is 0.507 e. The Balaban J connectivity index is 1.50. The number of carboxylic acids is 1. The second-order valence-electron chi connectivity index (χ2n) is 15.2. The number of aliphatic hydroxyl groups is 1. The number of ketones is 4. The van der Waals surface area contributed by atoms with Crippen LogP contribution in [0.15, 0.2) is 18.2 Å². The fraction of sp³-hybridized carbons (Fsp3) is 0.658. The van der Waals surface area contributed by atoms with Crippen LogP contribution in [-0.2, 0) is 33.5 Å². The van der Waals surface area contributed by atoms with Crippen LogP contribution in [-0.4, -0.2) is 112 Å². The van der Waals surface area contributed by atoms with Crippen molar-refractivity contribution < 1.29 is 53.6 Å². The number of nitrogens with two attached hydrogens (primary N) is 1. The number of Topliss-reactive ketones (excluding diaryl/α,β-unsaturated/α-hetero) is 4. The van der Waals surface area contributed by atoms with Gasteiger partial charge in [-0.3, -0.25) is 43.8 Å². The van der Waals surface area contributed by atoms with Gasteiger partial charge in [-0.15, -0.1) is 0 Å². The van der Waals surface area contributed by atoms with Crippen molar-refractivity contribution >= 4 is 41.0 Å². The van der Waals surface area contributed by atoms with Gasteiger partial charge in [0.15, 0.2) is 34.7 Å². The lowest BCUT2D eigenvalue weighted by molar-refractivity contribution is -0.206. The normalized spacial score (nSPS) is 30.4. The molecule has 0 bridgehead atoms. The molecule has 4 aliphatic rings. The van der Waals surface area contributed by atoms with E-state index < -0.39 is 94.4 Å². The van der Waals surface area contributed by atoms with Crippen molar-refractivity contribution in [1.82, 2.24) is 15.5 Å². The predicted molar refractivity (Wildman–Crippen MR) is 188 cm³/mol. The Bertz CT molecular complexity index is 1620. The second-order valence-corrected chi connectivity index (χ2v) is 15.2. The number of phenols is 1. The molecule has 3 unspecified atom stereocenters. The third kappa shape index (κ3) is 7.53. The van der Waals surface area contributed by atoms with Crippen LogP contribution in [0.1, 0.15) is 93.0 Å². The molecule has 0 spiro atoms. The third-order valence-corrected chi connectivity index (χ3v) is 11.8. The van der Waals surface area contributed by atoms with Gasteiger partial charge in [0.1, 0.15) is 17.9 Å². The summed E-state index contributed by atoms with van der Waals surface area (Å²) >= 11 is 0. The summed E-state index contributed by atoms with van der Waals surface area (Å²) in [6, 6.07) is 2.19. The summed E-state index contributed by atoms with van der Waals surface area (Å²) < 4.78 is 6.05. The zero-order valence-electron chi connectivity index (χ0n) is 30.5. The topological polar surface area (TPSA) is 243 Å². The minimum absolute atomic E-state index is 0.0880. The van der Waals surface area contributed by atoms with Crippen LogP contribution in [0.5, 0.6) is 5.75 Å². The van der Waals surface area contributed by atoms with Gasteiger partial charge in [-0.1, -0.05) is 51.2 Å². The number of phenolic OH excluding ortho intramolecular Hbond substituents is 1. The predicted octanol–water partition coefficient (Wildman–Crippen LogP) is 1.07. The smallest absolute Gasteiger partial charge is 0.320 e. The Morgan fingerprint density at radius 2 is 1.75 bits per heavy atom. The number of carboxylic acid groups (broad SMARTS) is 1. The second kappa shape index (κ2) is 16.5. The number of aliphatic carboxylic acids is 1. The molecule has 15 heteroatoms. The first-order valence-corrected chi connectivity index (χ1v) is 18.7. The van der Waals surface area contributed by atoms with Crippen molar-refractivity contribution in [1.29, 1.82) is 0 Å². The molecular formula is C38H52N4O11. The molecule has 53 heavy (non-hydrogen) atoms. The van der Waals surface area contributed by atoms with E-state index in [-0.39, 0.29) is 30.8 Å². The van der Waals surface area contributed by atoms with Crippen molar-refractivity contribution in [3.63, 3.8) is 0 Å². The van der Waals surface area contributed by atoms with E-state index in [1.807, 2.05) is 0 Å². The molecule has 0 radical (unpaired) electrons. The standard InChI is InChI=1S/C38H52N4O11/c1-4-24(44)53-33-26-21(16-15-19-10-5-6-11-19)20-12-9-14-23(43)25(20)31(45)27(26)34(47)38(52)29(33)30(42(2)3)32(46)28(35(38)48)36(49)41-18-40-17-8-7-13-22(39)37(50)51/h9,12,14,19,21-22,26-30,33,40,43,52H,4-8,10-11,13,15-18,39H2,1-3H3,(H,41,49)(H,50,51)/t21-,22?,26+,27?,28?,29+,30-,33-,38-/m1/s1. The van der Waals surface area contributed by atoms with Gasteiger partial charge >= 0.3 is 11.9 Å². The maximum atomic E-state index is 14.8. The number of nitrogens with one attached hydrogen (secondary N) is 2. The summed E-state index contributed by atoms with van der Waals surface area (Å²) in [4.78, 5) is 97.0. The molecule has 0 saturated heterocycles. The Hall–Kier alpha value is -4.05. The first-order valence-electron chi connectivity index (χ1n) is 18.7. The molecule has 9 atom stereocenters. The number of benzene rings is 1. The van der Waals surface area contributed by atoms with E-state index >= 15 is 0 Å². The summed E-state index contributed by atoms with van der Waals surface area (Å²) in [6.07, 6.45) is 5.11. The number of aromatic hydroxyl groups is 1. The van der Waals surface area contributed by atoms with E-state index in [1.54, 1.807) is 19.1 Å². The Morgan fingerprint density at radius 3 is 2.40 bits per heavy atom. The van der Waals surface area contributed by atoms with Crippen LogP contribution >= 0.6 is 0 Å². The summed E-state index contributed by atoms with van der Waals surface area (Å²) in [5.41, 5.74) is 2.83. The summed E-state index contributed by atoms with van der Waals surface area (Å²) in [5.74, 6) is -14.3. The monoisotopic (exact) mass is 740 g/mol. The van der Waals surface area contributed by atoms with Crippen molar-refractivity contribution in [3.05, 3.63) is 29.3 Å². The number of esters is 1. The highest BCUT2D eigenvalue weighted by Gasteiger charge is 2.74. The van der Waals surface area contributed by atoms with E-state index in [4.69, 9.17) is 15.6 Å². The number of nitrogens with zero attached hydrogens (tertiary/aromatic N) is 1. The fourth-order valence-electron chi connectivity index (χ4n) is 9.24. The van der Waals surface area contributed by atoms with Gasteiger partial charge in [0.25, 0.3) is 0 Å². The lowest BCUT2D eigenvalue weighted by Gasteiger charge is -2.57. The van der Waals surface area contributed by atoms with E-state index in [0.717, 1.165) is 32.1 Å². The summed E-state index contributed by atoms with van der Waals surface area (Å²) in [5, 5.41) is 37.8. The quantitative estimate of drug-likeness (QED) is 0.0638. The molecule has 1 aromatic carbocycles. The van der Waals surface area contributed by atoms with Crippen LogP contribution in [0.3, 0.4) is 0 Å². The Kier molecular flexibility index (Phi) is 12.5. The van der Waals surface area contributed by atoms with Crippen LogP contribution in [0.25, 0.3) is 0 Å². The number of fused-ring (bicyclic) bond motifs is 3. The van der Waals surface area contributed by atoms with Crippen molar-refractivity contribution in [2.45, 2.75) is 101 Å². The Morgan fingerprint density at radius 1 is 1.06 bits per heavy atom. The highest BCUT2D eigenvalue weighted by molar-refractivity contribution is 6.32. The van der Waals surface area contributed by atoms with Gasteiger partial charge in [-0.2, -0.15) is 0 Å². The number of carbonyl (C=O) groups is 7. The number of rotatable bonds is 15. The van der Waals surface area contributed by atoms with Gasteiger partial charge in [0.2, 0.25) is 5.91 Å². The number of likely N-dealkylation sites (N-methyl/N-ethyl adjacent to an activating group) is 1. The van der Waals surface area contributed by atoms with Crippen LogP contribution in [0.4, 0.5) is 0 Å². The molecule has 1 amide bonds. The average Bonchev–Trinajstić information content (AvgIpc) is 3.64. The molecule has 1 aromatic rings. The maximum absolute atomic E-state index is 14.8. The highest BCUT2D eigenvalue weighted by atomic mass is 16.5. The van der Waals surface area contributed by atoms with Crippen LogP contribution in [0, 0.1) is 29.6 Å². The van der Waals surface area contributed by atoms with Gasteiger partial charge in [0.05, 0.1) is 30.1 Å². The lowest BCUT2D eigenvalue weighted by Crippen LogP contribution is -2.78. The number of carbonyl (C=O) groups excluding carboxylic acids is 6. The zero-order valence-corrected chi connectivity index (χ0v) is 30.5. The van der Waals surface area contributed by atoms with Crippen LogP contribution < -0.4 is 16.4 Å². The molecule has 7 N–H and O–H groups in total. The lowest BCUT2D eigenvalue weighted by atomic mass is 9.48. The SMILES string of the molecule is CCC(=O)O[C@@H]1[C@@H]2C(C(=O)c3c(O)cccc3[C@H]2CCC2CCCC2)C(=O)[C@@]2(O)C(=O)C(C(=O)NCNCCCCC(N)C(=O)O)C(=O)[C@H](N(C)C)[C@@H]12. The molecule has 290 valence electrons. The number of hydrogen-bond donors (Lipinski definition) is 6. The molecule has 15 nitrogen and oxygen atoms in total. The van der Waals surface area contributed by atoms with Gasteiger partial charge in [-0.05, 0) is 69.8 Å². The average molecular weight is 741 g/mol. The molecule has 4 aliphatic carbocycles.